The minimum absolute atomic E-state index is 0.0123. The van der Waals surface area contributed by atoms with Crippen LogP contribution in [0.2, 0.25) is 5.02 Å². The van der Waals surface area contributed by atoms with Gasteiger partial charge in [-0.1, -0.05) is 17.7 Å². The van der Waals surface area contributed by atoms with E-state index in [2.05, 4.69) is 5.32 Å². The first-order chi connectivity index (χ1) is 16.3. The van der Waals surface area contributed by atoms with Crippen molar-refractivity contribution in [3.8, 4) is 0 Å². The van der Waals surface area contributed by atoms with Crippen LogP contribution in [0.1, 0.15) is 12.8 Å². The van der Waals surface area contributed by atoms with Crippen molar-refractivity contribution in [2.75, 3.05) is 22.5 Å². The molecule has 5 heterocycles. The maximum atomic E-state index is 12.9. The SMILES string of the molecule is Cn1c(=O)n(CCCC23CN(c4ccc5c(c4)NC(=O)CS5)C(O2)O3)c(=O)c2cccc(Cl)c21. The molecule has 2 bridgehead atoms. The first-order valence-electron chi connectivity index (χ1n) is 10.9. The Hall–Kier alpha value is -2.79. The highest BCUT2D eigenvalue weighted by Gasteiger charge is 2.58. The molecule has 1 N–H and O–H groups in total. The molecular formula is C23H21ClN4O5S. The Bertz CT molecular complexity index is 1460. The number of carbonyl (C=O) groups is 1. The van der Waals surface area contributed by atoms with E-state index in [4.69, 9.17) is 21.1 Å². The number of nitrogens with one attached hydrogen (secondary N) is 1. The van der Waals surface area contributed by atoms with Crippen molar-refractivity contribution >= 4 is 51.5 Å². The lowest BCUT2D eigenvalue weighted by Gasteiger charge is -2.37. The molecule has 0 atom stereocenters. The van der Waals surface area contributed by atoms with Gasteiger partial charge in [-0.25, -0.2) is 4.79 Å². The van der Waals surface area contributed by atoms with Gasteiger partial charge < -0.3 is 19.7 Å². The van der Waals surface area contributed by atoms with Crippen molar-refractivity contribution in [2.45, 2.75) is 36.5 Å². The zero-order chi connectivity index (χ0) is 23.6. The smallest absolute Gasteiger partial charge is 0.324 e. The molecule has 3 fully saturated rings. The van der Waals surface area contributed by atoms with Crippen LogP contribution in [0.15, 0.2) is 50.9 Å². The number of aromatic nitrogens is 2. The number of para-hydroxylation sites is 1. The molecule has 11 heteroatoms. The zero-order valence-corrected chi connectivity index (χ0v) is 19.8. The average molecular weight is 501 g/mol. The summed E-state index contributed by atoms with van der Waals surface area (Å²) < 4.78 is 14.7. The third kappa shape index (κ3) is 3.36. The lowest BCUT2D eigenvalue weighted by molar-refractivity contribution is -0.406. The van der Waals surface area contributed by atoms with Crippen LogP contribution in [0.5, 0.6) is 0 Å². The molecule has 2 aromatic carbocycles. The number of thioether (sulfide) groups is 1. The maximum absolute atomic E-state index is 12.9. The second kappa shape index (κ2) is 7.88. The summed E-state index contributed by atoms with van der Waals surface area (Å²) in [4.78, 5) is 40.5. The van der Waals surface area contributed by atoms with Gasteiger partial charge >= 0.3 is 5.69 Å². The van der Waals surface area contributed by atoms with Gasteiger partial charge in [-0.15, -0.1) is 11.8 Å². The van der Waals surface area contributed by atoms with Crippen molar-refractivity contribution in [1.82, 2.24) is 9.13 Å². The van der Waals surface area contributed by atoms with Gasteiger partial charge in [0.1, 0.15) is 0 Å². The van der Waals surface area contributed by atoms with Gasteiger partial charge in [0.05, 0.1) is 33.9 Å². The molecule has 0 spiro atoms. The number of anilines is 2. The van der Waals surface area contributed by atoms with Gasteiger partial charge in [-0.2, -0.15) is 0 Å². The maximum Gasteiger partial charge on any atom is 0.331 e. The fraction of sp³-hybridized carbons (Fsp3) is 0.348. The van der Waals surface area contributed by atoms with Crippen LogP contribution in [0.3, 0.4) is 0 Å². The third-order valence-electron chi connectivity index (χ3n) is 6.48. The molecule has 7 rings (SSSR count). The summed E-state index contributed by atoms with van der Waals surface area (Å²) in [6.45, 7) is 0.771. The second-order valence-electron chi connectivity index (χ2n) is 8.64. The van der Waals surface area contributed by atoms with E-state index in [1.807, 2.05) is 23.1 Å². The van der Waals surface area contributed by atoms with Crippen molar-refractivity contribution in [3.63, 3.8) is 0 Å². The lowest BCUT2D eigenvalue weighted by atomic mass is 10.1. The number of rotatable bonds is 5. The molecule has 4 aliphatic rings. The largest absolute Gasteiger partial charge is 0.331 e. The average Bonchev–Trinajstić information content (AvgIpc) is 3.35. The monoisotopic (exact) mass is 500 g/mol. The Morgan fingerprint density at radius 3 is 2.85 bits per heavy atom. The first-order valence-corrected chi connectivity index (χ1v) is 12.3. The summed E-state index contributed by atoms with van der Waals surface area (Å²) >= 11 is 7.73. The molecule has 176 valence electrons. The summed E-state index contributed by atoms with van der Waals surface area (Å²) in [5.74, 6) is -0.362. The van der Waals surface area contributed by atoms with Crippen LogP contribution < -0.4 is 21.5 Å². The standard InChI is InChI=1S/C23H21ClN4O5S/c1-26-19-14(4-2-5-15(19)24)20(30)27(21(26)31)9-3-8-23-12-28(22(32-23)33-23)13-6-7-17-16(10-13)25-18(29)11-34-17/h2,4-7,10,22H,3,8-9,11-12H2,1H3,(H,25,29). The number of halogens is 1. The Morgan fingerprint density at radius 2 is 2.03 bits per heavy atom. The third-order valence-corrected chi connectivity index (χ3v) is 7.86. The molecule has 9 nitrogen and oxygen atoms in total. The van der Waals surface area contributed by atoms with Crippen molar-refractivity contribution in [1.29, 1.82) is 0 Å². The van der Waals surface area contributed by atoms with Crippen LogP contribution in [0, 0.1) is 0 Å². The molecule has 3 saturated heterocycles. The number of ether oxygens (including phenoxy) is 2. The molecule has 0 unspecified atom stereocenters. The summed E-state index contributed by atoms with van der Waals surface area (Å²) in [6, 6.07) is 11.0. The minimum atomic E-state index is -0.770. The van der Waals surface area contributed by atoms with E-state index in [0.717, 1.165) is 16.3 Å². The second-order valence-corrected chi connectivity index (χ2v) is 10.1. The number of amides is 1. The van der Waals surface area contributed by atoms with Crippen molar-refractivity contribution in [3.05, 3.63) is 62.3 Å². The van der Waals surface area contributed by atoms with E-state index in [9.17, 15) is 14.4 Å². The van der Waals surface area contributed by atoms with E-state index in [1.54, 1.807) is 25.2 Å². The predicted molar refractivity (Wildman–Crippen MR) is 130 cm³/mol. The van der Waals surface area contributed by atoms with Gasteiger partial charge in [0.25, 0.3) is 5.56 Å². The van der Waals surface area contributed by atoms with Crippen molar-refractivity contribution < 1.29 is 14.3 Å². The summed E-state index contributed by atoms with van der Waals surface area (Å²) in [7, 11) is 1.61. The minimum Gasteiger partial charge on any atom is -0.324 e. The Morgan fingerprint density at radius 1 is 1.21 bits per heavy atom. The van der Waals surface area contributed by atoms with E-state index in [-0.39, 0.29) is 18.0 Å². The predicted octanol–water partition coefficient (Wildman–Crippen LogP) is 2.72. The van der Waals surface area contributed by atoms with Crippen LogP contribution in [-0.2, 0) is 27.9 Å². The van der Waals surface area contributed by atoms with Gasteiger partial charge in [-0.3, -0.25) is 18.7 Å². The molecular weight excluding hydrogens is 480 g/mol. The highest BCUT2D eigenvalue weighted by atomic mass is 35.5. The lowest BCUT2D eigenvalue weighted by Crippen LogP contribution is -2.48. The molecule has 34 heavy (non-hydrogen) atoms. The summed E-state index contributed by atoms with van der Waals surface area (Å²) in [5.41, 5.74) is 1.38. The summed E-state index contributed by atoms with van der Waals surface area (Å²) in [5, 5.41) is 3.69. The quantitative estimate of drug-likeness (QED) is 0.575. The molecule has 3 aromatic rings. The van der Waals surface area contributed by atoms with Crippen molar-refractivity contribution in [2.24, 2.45) is 7.05 Å². The van der Waals surface area contributed by atoms with E-state index in [0.29, 0.717) is 41.1 Å². The molecule has 1 amide bonds. The molecule has 0 radical (unpaired) electrons. The van der Waals surface area contributed by atoms with Crippen LogP contribution in [-0.4, -0.2) is 39.5 Å². The Labute approximate surface area is 203 Å². The number of nitrogens with zero attached hydrogens (tertiary/aromatic N) is 3. The van der Waals surface area contributed by atoms with Gasteiger partial charge in [-0.05, 0) is 36.8 Å². The van der Waals surface area contributed by atoms with Crippen LogP contribution in [0.4, 0.5) is 11.4 Å². The van der Waals surface area contributed by atoms with Crippen LogP contribution >= 0.6 is 23.4 Å². The molecule has 4 aliphatic heterocycles. The molecule has 1 aromatic heterocycles. The normalized spacial score (nSPS) is 23.1. The fourth-order valence-electron chi connectivity index (χ4n) is 4.81. The highest BCUT2D eigenvalue weighted by molar-refractivity contribution is 8.00. The first kappa shape index (κ1) is 21.7. The van der Waals surface area contributed by atoms with Gasteiger partial charge in [0, 0.05) is 30.6 Å². The molecule has 0 saturated carbocycles. The number of fused-ring (bicyclic) bond motifs is 3. The van der Waals surface area contributed by atoms with E-state index in [1.165, 1.54) is 20.9 Å². The fourth-order valence-corrected chi connectivity index (χ4v) is 5.90. The van der Waals surface area contributed by atoms with Crippen LogP contribution in [0.25, 0.3) is 10.9 Å². The topological polar surface area (TPSA) is 94.8 Å². The Balaban J connectivity index is 1.17. The van der Waals surface area contributed by atoms with Gasteiger partial charge in [0.15, 0.2) is 5.79 Å². The number of hydrogen-bond donors (Lipinski definition) is 1. The Kier molecular flexibility index (Phi) is 5.03. The number of hydrogen-bond acceptors (Lipinski definition) is 7. The van der Waals surface area contributed by atoms with E-state index < -0.39 is 17.9 Å². The molecule has 0 aliphatic carbocycles. The summed E-state index contributed by atoms with van der Waals surface area (Å²) in [6.07, 6.45) is 0.572. The number of carbonyl (C=O) groups excluding carboxylic acids is 1. The number of benzene rings is 2. The zero-order valence-electron chi connectivity index (χ0n) is 18.2. The highest BCUT2D eigenvalue weighted by Crippen LogP contribution is 2.46. The van der Waals surface area contributed by atoms with Gasteiger partial charge in [0.2, 0.25) is 12.3 Å². The number of aryl methyl sites for hydroxylation is 1. The van der Waals surface area contributed by atoms with E-state index >= 15 is 0 Å².